The zero-order valence-corrected chi connectivity index (χ0v) is 14.0. The summed E-state index contributed by atoms with van der Waals surface area (Å²) in [7, 11) is 0. The predicted octanol–water partition coefficient (Wildman–Crippen LogP) is 2.38. The van der Waals surface area contributed by atoms with E-state index >= 15 is 0 Å². The van der Waals surface area contributed by atoms with Crippen LogP contribution in [-0.2, 0) is 0 Å². The third kappa shape index (κ3) is 4.98. The van der Waals surface area contributed by atoms with Gasteiger partial charge in [0.1, 0.15) is 11.6 Å². The quantitative estimate of drug-likeness (QED) is 0.905. The first-order chi connectivity index (χ1) is 10.7. The van der Waals surface area contributed by atoms with Crippen molar-refractivity contribution in [2.24, 2.45) is 0 Å². The van der Waals surface area contributed by atoms with Gasteiger partial charge in [0.25, 0.3) is 0 Å². The van der Waals surface area contributed by atoms with Crippen molar-refractivity contribution >= 4 is 18.5 Å². The van der Waals surface area contributed by atoms with Crippen LogP contribution in [0.2, 0.25) is 0 Å². The summed E-state index contributed by atoms with van der Waals surface area (Å²) in [5.74, 6) is -1.04. The SMILES string of the molecule is Cl.Fc1ccc(/C=C/CN2CCC(N3CCNCC3)C2)c(F)c1. The van der Waals surface area contributed by atoms with E-state index in [2.05, 4.69) is 15.1 Å². The Morgan fingerprint density at radius 1 is 1.17 bits per heavy atom. The number of nitrogens with one attached hydrogen (secondary N) is 1. The summed E-state index contributed by atoms with van der Waals surface area (Å²) in [6.45, 7) is 7.42. The molecule has 1 aromatic rings. The third-order valence-electron chi connectivity index (χ3n) is 4.54. The summed E-state index contributed by atoms with van der Waals surface area (Å²) >= 11 is 0. The highest BCUT2D eigenvalue weighted by Crippen LogP contribution is 2.16. The molecule has 3 nitrogen and oxygen atoms in total. The molecule has 0 saturated carbocycles. The lowest BCUT2D eigenvalue weighted by atomic mass is 10.2. The fourth-order valence-corrected chi connectivity index (χ4v) is 3.29. The summed E-state index contributed by atoms with van der Waals surface area (Å²) in [6, 6.07) is 4.35. The Morgan fingerprint density at radius 2 is 1.96 bits per heavy atom. The normalized spacial score (nSPS) is 23.3. The van der Waals surface area contributed by atoms with E-state index in [-0.39, 0.29) is 12.4 Å². The van der Waals surface area contributed by atoms with Gasteiger partial charge in [-0.15, -0.1) is 12.4 Å². The van der Waals surface area contributed by atoms with Gasteiger partial charge >= 0.3 is 0 Å². The van der Waals surface area contributed by atoms with Crippen LogP contribution in [0.1, 0.15) is 12.0 Å². The molecule has 0 amide bonds. The van der Waals surface area contributed by atoms with Crippen LogP contribution < -0.4 is 5.32 Å². The Labute approximate surface area is 142 Å². The minimum absolute atomic E-state index is 0. The molecule has 6 heteroatoms. The van der Waals surface area contributed by atoms with Crippen LogP contribution in [-0.4, -0.2) is 61.7 Å². The average Bonchev–Trinajstić information content (AvgIpc) is 2.99. The number of benzene rings is 1. The minimum Gasteiger partial charge on any atom is -0.314 e. The Bertz CT molecular complexity index is 533. The standard InChI is InChI=1S/C17H23F2N3.ClH/c18-15-4-3-14(17(19)12-15)2-1-8-21-9-5-16(13-21)22-10-6-20-7-11-22;/h1-4,12,16,20H,5-11,13H2;1H/b2-1+;. The first-order valence-electron chi connectivity index (χ1n) is 8.01. The van der Waals surface area contributed by atoms with E-state index in [9.17, 15) is 8.78 Å². The van der Waals surface area contributed by atoms with E-state index in [1.807, 2.05) is 6.08 Å². The molecule has 2 aliphatic heterocycles. The second kappa shape index (κ2) is 8.73. The van der Waals surface area contributed by atoms with Crippen LogP contribution in [0.25, 0.3) is 6.08 Å². The molecular weight excluding hydrogens is 320 g/mol. The van der Waals surface area contributed by atoms with E-state index in [4.69, 9.17) is 0 Å². The molecule has 0 radical (unpaired) electrons. The van der Waals surface area contributed by atoms with Crippen molar-refractivity contribution in [1.29, 1.82) is 0 Å². The largest absolute Gasteiger partial charge is 0.314 e. The van der Waals surface area contributed by atoms with E-state index < -0.39 is 11.6 Å². The molecular formula is C17H24ClF2N3. The van der Waals surface area contributed by atoms with Gasteiger partial charge in [0.2, 0.25) is 0 Å². The molecule has 23 heavy (non-hydrogen) atoms. The van der Waals surface area contributed by atoms with Crippen molar-refractivity contribution in [1.82, 2.24) is 15.1 Å². The minimum atomic E-state index is -0.534. The van der Waals surface area contributed by atoms with Gasteiger partial charge in [-0.05, 0) is 18.6 Å². The predicted molar refractivity (Wildman–Crippen MR) is 91.9 cm³/mol. The van der Waals surface area contributed by atoms with Gasteiger partial charge in [-0.3, -0.25) is 9.80 Å². The summed E-state index contributed by atoms with van der Waals surface area (Å²) in [5, 5.41) is 3.38. The first kappa shape index (κ1) is 18.3. The van der Waals surface area contributed by atoms with Crippen LogP contribution in [0.3, 0.4) is 0 Å². The van der Waals surface area contributed by atoms with E-state index in [1.54, 1.807) is 6.08 Å². The van der Waals surface area contributed by atoms with Crippen molar-refractivity contribution < 1.29 is 8.78 Å². The van der Waals surface area contributed by atoms with Gasteiger partial charge < -0.3 is 5.32 Å². The lowest BCUT2D eigenvalue weighted by Crippen LogP contribution is -2.49. The maximum atomic E-state index is 13.5. The zero-order valence-electron chi connectivity index (χ0n) is 13.2. The van der Waals surface area contributed by atoms with Crippen molar-refractivity contribution in [2.45, 2.75) is 12.5 Å². The van der Waals surface area contributed by atoms with Crippen molar-refractivity contribution in [2.75, 3.05) is 45.8 Å². The lowest BCUT2D eigenvalue weighted by molar-refractivity contribution is 0.173. The number of piperazine rings is 1. The van der Waals surface area contributed by atoms with E-state index in [1.165, 1.54) is 18.6 Å². The fourth-order valence-electron chi connectivity index (χ4n) is 3.29. The third-order valence-corrected chi connectivity index (χ3v) is 4.54. The first-order valence-corrected chi connectivity index (χ1v) is 8.01. The molecule has 0 aromatic heterocycles. The molecule has 1 aromatic carbocycles. The highest BCUT2D eigenvalue weighted by Gasteiger charge is 2.27. The monoisotopic (exact) mass is 343 g/mol. The van der Waals surface area contributed by atoms with Crippen LogP contribution in [0.15, 0.2) is 24.3 Å². The number of rotatable bonds is 4. The van der Waals surface area contributed by atoms with E-state index in [0.717, 1.165) is 51.9 Å². The molecule has 0 bridgehead atoms. The maximum Gasteiger partial charge on any atom is 0.133 e. The molecule has 0 aliphatic carbocycles. The summed E-state index contributed by atoms with van der Waals surface area (Å²) < 4.78 is 26.4. The van der Waals surface area contributed by atoms with Gasteiger partial charge in [0, 0.05) is 63.5 Å². The molecule has 2 fully saturated rings. The number of halogens is 3. The molecule has 3 rings (SSSR count). The summed E-state index contributed by atoms with van der Waals surface area (Å²) in [6.07, 6.45) is 4.92. The van der Waals surface area contributed by atoms with Gasteiger partial charge in [-0.2, -0.15) is 0 Å². The zero-order chi connectivity index (χ0) is 15.4. The number of hydrogen-bond acceptors (Lipinski definition) is 3. The van der Waals surface area contributed by atoms with Gasteiger partial charge in [-0.1, -0.05) is 12.2 Å². The van der Waals surface area contributed by atoms with Crippen LogP contribution in [0, 0.1) is 11.6 Å². The number of nitrogens with zero attached hydrogens (tertiary/aromatic N) is 2. The van der Waals surface area contributed by atoms with Gasteiger partial charge in [-0.25, -0.2) is 8.78 Å². The highest BCUT2D eigenvalue weighted by molar-refractivity contribution is 5.85. The molecule has 2 saturated heterocycles. The lowest BCUT2D eigenvalue weighted by Gasteiger charge is -2.32. The fraction of sp³-hybridized carbons (Fsp3) is 0.529. The highest BCUT2D eigenvalue weighted by atomic mass is 35.5. The smallest absolute Gasteiger partial charge is 0.133 e. The van der Waals surface area contributed by atoms with Crippen molar-refractivity contribution in [3.63, 3.8) is 0 Å². The van der Waals surface area contributed by atoms with Crippen molar-refractivity contribution in [3.05, 3.63) is 41.5 Å². The Balaban J connectivity index is 0.00000192. The summed E-state index contributed by atoms with van der Waals surface area (Å²) in [5.41, 5.74) is 0.444. The van der Waals surface area contributed by atoms with Crippen LogP contribution >= 0.6 is 12.4 Å². The molecule has 1 unspecified atom stereocenters. The second-order valence-electron chi connectivity index (χ2n) is 6.06. The molecule has 128 valence electrons. The average molecular weight is 344 g/mol. The molecule has 1 N–H and O–H groups in total. The molecule has 1 atom stereocenters. The topological polar surface area (TPSA) is 18.5 Å². The maximum absolute atomic E-state index is 13.5. The summed E-state index contributed by atoms with van der Waals surface area (Å²) in [4.78, 5) is 4.96. The van der Waals surface area contributed by atoms with Gasteiger partial charge in [0.15, 0.2) is 0 Å². The van der Waals surface area contributed by atoms with E-state index in [0.29, 0.717) is 11.6 Å². The van der Waals surface area contributed by atoms with Crippen LogP contribution in [0.5, 0.6) is 0 Å². The Kier molecular flexibility index (Phi) is 6.96. The number of hydrogen-bond donors (Lipinski definition) is 1. The Hall–Kier alpha value is -1.01. The number of likely N-dealkylation sites (tertiary alicyclic amines) is 1. The Morgan fingerprint density at radius 3 is 2.70 bits per heavy atom. The molecule has 0 spiro atoms. The van der Waals surface area contributed by atoms with Gasteiger partial charge in [0.05, 0.1) is 0 Å². The van der Waals surface area contributed by atoms with Crippen molar-refractivity contribution in [3.8, 4) is 0 Å². The molecule has 2 heterocycles. The molecule has 2 aliphatic rings. The second-order valence-corrected chi connectivity index (χ2v) is 6.06. The van der Waals surface area contributed by atoms with Crippen LogP contribution in [0.4, 0.5) is 8.78 Å².